The van der Waals surface area contributed by atoms with E-state index in [1.54, 1.807) is 33.5 Å². The summed E-state index contributed by atoms with van der Waals surface area (Å²) in [6.45, 7) is 0. The lowest BCUT2D eigenvalue weighted by molar-refractivity contribution is -0.137. The zero-order valence-electron chi connectivity index (χ0n) is 11.7. The summed E-state index contributed by atoms with van der Waals surface area (Å²) < 4.78 is 15.8. The number of nitrogens with two attached hydrogens (primary N) is 1. The van der Waals surface area contributed by atoms with E-state index in [2.05, 4.69) is 0 Å². The molecule has 0 aliphatic carbocycles. The van der Waals surface area contributed by atoms with Crippen LogP contribution in [-0.2, 0) is 10.5 Å². The van der Waals surface area contributed by atoms with Crippen LogP contribution in [0.5, 0.6) is 17.2 Å². The minimum atomic E-state index is -1.01. The molecule has 0 amide bonds. The summed E-state index contributed by atoms with van der Waals surface area (Å²) in [6.07, 6.45) is 0. The van der Waals surface area contributed by atoms with E-state index >= 15 is 0 Å². The van der Waals surface area contributed by atoms with E-state index in [-0.39, 0.29) is 0 Å². The molecular formula is C13H19NO5S. The Labute approximate surface area is 122 Å². The van der Waals surface area contributed by atoms with Gasteiger partial charge in [0, 0.05) is 29.2 Å². The summed E-state index contributed by atoms with van der Waals surface area (Å²) in [6, 6.07) is 2.64. The van der Waals surface area contributed by atoms with Gasteiger partial charge in [0.25, 0.3) is 0 Å². The van der Waals surface area contributed by atoms with Gasteiger partial charge in [0.1, 0.15) is 23.3 Å². The Kier molecular flexibility index (Phi) is 6.47. The van der Waals surface area contributed by atoms with Crippen molar-refractivity contribution < 1.29 is 24.1 Å². The smallest absolute Gasteiger partial charge is 0.321 e. The predicted octanol–water partition coefficient (Wildman–Crippen LogP) is 1.36. The lowest BCUT2D eigenvalue weighted by Crippen LogP contribution is -2.32. The van der Waals surface area contributed by atoms with Gasteiger partial charge in [-0.2, -0.15) is 11.8 Å². The van der Waals surface area contributed by atoms with Crippen LogP contribution >= 0.6 is 11.8 Å². The van der Waals surface area contributed by atoms with E-state index in [9.17, 15) is 4.79 Å². The standard InChI is InChI=1S/C13H19NO5S/c1-17-8-4-11(18-2)9(12(5-8)19-3)6-20-7-10(14)13(15)16/h4-5,10H,6-7,14H2,1-3H3,(H,15,16). The SMILES string of the molecule is COc1cc(OC)c(CSCC(N)C(=O)O)c(OC)c1. The molecule has 0 aliphatic rings. The van der Waals surface area contributed by atoms with E-state index in [1.807, 2.05) is 0 Å². The van der Waals surface area contributed by atoms with Crippen LogP contribution in [0.2, 0.25) is 0 Å². The fourth-order valence-corrected chi connectivity index (χ4v) is 2.58. The number of methoxy groups -OCH3 is 3. The van der Waals surface area contributed by atoms with Gasteiger partial charge in [0.05, 0.1) is 21.3 Å². The zero-order chi connectivity index (χ0) is 15.1. The van der Waals surface area contributed by atoms with Gasteiger partial charge < -0.3 is 25.1 Å². The van der Waals surface area contributed by atoms with E-state index in [1.165, 1.54) is 11.8 Å². The monoisotopic (exact) mass is 301 g/mol. The van der Waals surface area contributed by atoms with Crippen molar-refractivity contribution in [2.24, 2.45) is 5.73 Å². The van der Waals surface area contributed by atoms with E-state index in [0.29, 0.717) is 28.8 Å². The molecule has 20 heavy (non-hydrogen) atoms. The van der Waals surface area contributed by atoms with Crippen LogP contribution in [0.15, 0.2) is 12.1 Å². The second-order valence-electron chi connectivity index (χ2n) is 3.97. The molecule has 1 aromatic rings. The summed E-state index contributed by atoms with van der Waals surface area (Å²) in [5.41, 5.74) is 6.31. The minimum Gasteiger partial charge on any atom is -0.496 e. The third-order valence-electron chi connectivity index (χ3n) is 2.68. The van der Waals surface area contributed by atoms with Crippen LogP contribution in [0, 0.1) is 0 Å². The van der Waals surface area contributed by atoms with Crippen molar-refractivity contribution >= 4 is 17.7 Å². The van der Waals surface area contributed by atoms with E-state index in [4.69, 9.17) is 25.1 Å². The molecule has 0 bridgehead atoms. The van der Waals surface area contributed by atoms with Crippen LogP contribution in [-0.4, -0.2) is 44.2 Å². The number of thioether (sulfide) groups is 1. The third kappa shape index (κ3) is 4.21. The largest absolute Gasteiger partial charge is 0.496 e. The fourth-order valence-electron chi connectivity index (χ4n) is 1.58. The van der Waals surface area contributed by atoms with Gasteiger partial charge in [-0.25, -0.2) is 0 Å². The Bertz CT molecular complexity index is 441. The quantitative estimate of drug-likeness (QED) is 0.749. The Morgan fingerprint density at radius 1 is 1.25 bits per heavy atom. The van der Waals surface area contributed by atoms with Gasteiger partial charge in [-0.3, -0.25) is 4.79 Å². The topological polar surface area (TPSA) is 91.0 Å². The van der Waals surface area contributed by atoms with Gasteiger partial charge in [-0.15, -0.1) is 0 Å². The van der Waals surface area contributed by atoms with E-state index in [0.717, 1.165) is 5.56 Å². The summed E-state index contributed by atoms with van der Waals surface area (Å²) in [4.78, 5) is 10.7. The lowest BCUT2D eigenvalue weighted by Gasteiger charge is -2.15. The van der Waals surface area contributed by atoms with Gasteiger partial charge in [-0.1, -0.05) is 0 Å². The predicted molar refractivity (Wildman–Crippen MR) is 77.9 cm³/mol. The molecule has 0 aliphatic heterocycles. The highest BCUT2D eigenvalue weighted by atomic mass is 32.2. The Hall–Kier alpha value is -1.60. The van der Waals surface area contributed by atoms with Gasteiger partial charge in [0.15, 0.2) is 0 Å². The first kappa shape index (κ1) is 16.5. The highest BCUT2D eigenvalue weighted by molar-refractivity contribution is 7.98. The Balaban J connectivity index is 2.84. The molecular weight excluding hydrogens is 282 g/mol. The molecule has 1 atom stereocenters. The summed E-state index contributed by atoms with van der Waals surface area (Å²) in [7, 11) is 4.69. The van der Waals surface area contributed by atoms with Crippen molar-refractivity contribution in [1.82, 2.24) is 0 Å². The summed E-state index contributed by atoms with van der Waals surface area (Å²) >= 11 is 1.41. The molecule has 0 saturated carbocycles. The van der Waals surface area contributed by atoms with Crippen LogP contribution in [0.1, 0.15) is 5.56 Å². The number of rotatable bonds is 8. The highest BCUT2D eigenvalue weighted by Gasteiger charge is 2.16. The molecule has 0 heterocycles. The van der Waals surface area contributed by atoms with Crippen LogP contribution in [0.4, 0.5) is 0 Å². The number of ether oxygens (including phenoxy) is 3. The second-order valence-corrected chi connectivity index (χ2v) is 5.00. The second kappa shape index (κ2) is 7.86. The summed E-state index contributed by atoms with van der Waals surface area (Å²) in [5, 5.41) is 8.74. The number of carboxylic acid groups (broad SMARTS) is 1. The molecule has 1 unspecified atom stereocenters. The van der Waals surface area contributed by atoms with Gasteiger partial charge in [-0.05, 0) is 0 Å². The Morgan fingerprint density at radius 3 is 2.20 bits per heavy atom. The number of hydrogen-bond acceptors (Lipinski definition) is 6. The first-order valence-electron chi connectivity index (χ1n) is 5.88. The maximum absolute atomic E-state index is 10.7. The maximum atomic E-state index is 10.7. The van der Waals surface area contributed by atoms with Gasteiger partial charge >= 0.3 is 5.97 Å². The molecule has 0 saturated heterocycles. The Morgan fingerprint density at radius 2 is 1.80 bits per heavy atom. The molecule has 112 valence electrons. The molecule has 6 nitrogen and oxygen atoms in total. The number of hydrogen-bond donors (Lipinski definition) is 2. The average molecular weight is 301 g/mol. The average Bonchev–Trinajstić information content (AvgIpc) is 2.46. The molecule has 1 aromatic carbocycles. The van der Waals surface area contributed by atoms with Crippen molar-refractivity contribution in [2.45, 2.75) is 11.8 Å². The van der Waals surface area contributed by atoms with Crippen molar-refractivity contribution in [1.29, 1.82) is 0 Å². The van der Waals surface area contributed by atoms with E-state index < -0.39 is 12.0 Å². The maximum Gasteiger partial charge on any atom is 0.321 e. The molecule has 0 fully saturated rings. The fraction of sp³-hybridized carbons (Fsp3) is 0.462. The third-order valence-corrected chi connectivity index (χ3v) is 3.77. The molecule has 1 rings (SSSR count). The van der Waals surface area contributed by atoms with Crippen LogP contribution < -0.4 is 19.9 Å². The first-order valence-corrected chi connectivity index (χ1v) is 7.04. The number of carboxylic acids is 1. The molecule has 0 spiro atoms. The van der Waals surface area contributed by atoms with Crippen molar-refractivity contribution in [3.63, 3.8) is 0 Å². The highest BCUT2D eigenvalue weighted by Crippen LogP contribution is 2.36. The molecule has 7 heteroatoms. The minimum absolute atomic E-state index is 0.313. The molecule has 0 aromatic heterocycles. The summed E-state index contributed by atoms with van der Waals surface area (Å²) in [5.74, 6) is 1.75. The van der Waals surface area contributed by atoms with Crippen molar-refractivity contribution in [3.8, 4) is 17.2 Å². The van der Waals surface area contributed by atoms with Crippen molar-refractivity contribution in [2.75, 3.05) is 27.1 Å². The normalized spacial score (nSPS) is 11.8. The van der Waals surface area contributed by atoms with Crippen LogP contribution in [0.25, 0.3) is 0 Å². The number of carbonyl (C=O) groups is 1. The number of benzene rings is 1. The first-order chi connectivity index (χ1) is 9.53. The van der Waals surface area contributed by atoms with Crippen LogP contribution in [0.3, 0.4) is 0 Å². The van der Waals surface area contributed by atoms with Gasteiger partial charge in [0.2, 0.25) is 0 Å². The number of aliphatic carboxylic acids is 1. The molecule has 0 radical (unpaired) electrons. The lowest BCUT2D eigenvalue weighted by atomic mass is 10.2. The zero-order valence-corrected chi connectivity index (χ0v) is 12.5. The van der Waals surface area contributed by atoms with Crippen molar-refractivity contribution in [3.05, 3.63) is 17.7 Å². The molecule has 3 N–H and O–H groups in total.